The van der Waals surface area contributed by atoms with Crippen molar-refractivity contribution in [3.63, 3.8) is 0 Å². The number of nitrogens with zero attached hydrogens (tertiary/aromatic N) is 3. The molecular formula is C28H28FN3O4S. The van der Waals surface area contributed by atoms with E-state index in [4.69, 9.17) is 4.74 Å². The van der Waals surface area contributed by atoms with Gasteiger partial charge in [0.05, 0.1) is 11.4 Å². The minimum Gasteiger partial charge on any atom is -0.492 e. The third-order valence-corrected chi connectivity index (χ3v) is 7.71. The molecular weight excluding hydrogens is 493 g/mol. The Morgan fingerprint density at radius 3 is 2.70 bits per heavy atom. The van der Waals surface area contributed by atoms with Crippen LogP contribution in [0.25, 0.3) is 17.0 Å². The first-order valence-electron chi connectivity index (χ1n) is 12.4. The van der Waals surface area contributed by atoms with Crippen LogP contribution in [-0.4, -0.2) is 57.2 Å². The molecule has 0 spiro atoms. The van der Waals surface area contributed by atoms with Gasteiger partial charge in [-0.2, -0.15) is 0 Å². The zero-order valence-corrected chi connectivity index (χ0v) is 21.4. The third-order valence-electron chi connectivity index (χ3n) is 6.81. The number of carbonyl (C=O) groups excluding carboxylic acids is 3. The van der Waals surface area contributed by atoms with E-state index in [1.807, 2.05) is 39.9 Å². The maximum atomic E-state index is 13.1. The Morgan fingerprint density at radius 2 is 1.92 bits per heavy atom. The van der Waals surface area contributed by atoms with E-state index >= 15 is 0 Å². The number of thioether (sulfide) groups is 1. The number of hydrogen-bond donors (Lipinski definition) is 0. The summed E-state index contributed by atoms with van der Waals surface area (Å²) in [5.41, 5.74) is 1.68. The van der Waals surface area contributed by atoms with Crippen molar-refractivity contribution in [3.05, 3.63) is 71.0 Å². The first-order valence-corrected chi connectivity index (χ1v) is 13.2. The molecule has 0 aliphatic carbocycles. The largest absolute Gasteiger partial charge is 0.492 e. The molecule has 3 heterocycles. The van der Waals surface area contributed by atoms with E-state index < -0.39 is 0 Å². The summed E-state index contributed by atoms with van der Waals surface area (Å²) >= 11 is 0.889. The van der Waals surface area contributed by atoms with Crippen molar-refractivity contribution in [2.75, 3.05) is 19.7 Å². The average molecular weight is 522 g/mol. The molecule has 0 saturated carbocycles. The molecule has 0 N–H and O–H groups in total. The van der Waals surface area contributed by atoms with Crippen molar-refractivity contribution < 1.29 is 23.5 Å². The molecule has 2 aliphatic rings. The maximum absolute atomic E-state index is 13.1. The van der Waals surface area contributed by atoms with Crippen molar-refractivity contribution in [1.82, 2.24) is 14.4 Å². The Kier molecular flexibility index (Phi) is 7.32. The highest BCUT2D eigenvalue weighted by atomic mass is 32.2. The second-order valence-corrected chi connectivity index (χ2v) is 10.3. The van der Waals surface area contributed by atoms with E-state index in [0.29, 0.717) is 10.7 Å². The lowest BCUT2D eigenvalue weighted by molar-refractivity contribution is -0.135. The molecule has 2 saturated heterocycles. The number of ether oxygens (including phenoxy) is 1. The molecule has 192 valence electrons. The lowest BCUT2D eigenvalue weighted by atomic mass is 10.0. The Labute approximate surface area is 218 Å². The molecule has 1 atom stereocenters. The fourth-order valence-electron chi connectivity index (χ4n) is 4.85. The van der Waals surface area contributed by atoms with Crippen LogP contribution in [0.2, 0.25) is 0 Å². The summed E-state index contributed by atoms with van der Waals surface area (Å²) in [6.45, 7) is 3.29. The van der Waals surface area contributed by atoms with Gasteiger partial charge in [-0.15, -0.1) is 0 Å². The monoisotopic (exact) mass is 521 g/mol. The van der Waals surface area contributed by atoms with Crippen molar-refractivity contribution in [2.45, 2.75) is 38.8 Å². The standard InChI is InChI=1S/C28H28FN3O4S/c1-19-6-4-5-13-31(19)26(33)18-30-17-20(23-7-2-3-8-24(23)30)16-25-27(34)32(28(35)37-25)14-15-36-22-11-9-21(29)10-12-22/h2-3,7-12,16-17,19H,4-6,13-15,18H2,1H3/b25-16-/t19-/m0/s1. The predicted molar refractivity (Wildman–Crippen MR) is 142 cm³/mol. The summed E-state index contributed by atoms with van der Waals surface area (Å²) < 4.78 is 20.5. The summed E-state index contributed by atoms with van der Waals surface area (Å²) in [5.74, 6) is -0.200. The topological polar surface area (TPSA) is 71.8 Å². The van der Waals surface area contributed by atoms with Gasteiger partial charge in [0.2, 0.25) is 5.91 Å². The van der Waals surface area contributed by atoms with Crippen LogP contribution in [0.4, 0.5) is 9.18 Å². The number of piperidine rings is 1. The van der Waals surface area contributed by atoms with Crippen molar-refractivity contribution in [1.29, 1.82) is 0 Å². The quantitative estimate of drug-likeness (QED) is 0.395. The zero-order chi connectivity index (χ0) is 25.9. The summed E-state index contributed by atoms with van der Waals surface area (Å²) in [7, 11) is 0. The second kappa shape index (κ2) is 10.8. The highest BCUT2D eigenvalue weighted by Gasteiger charge is 2.35. The van der Waals surface area contributed by atoms with Crippen LogP contribution in [0.5, 0.6) is 5.75 Å². The molecule has 2 fully saturated rings. The molecule has 0 unspecified atom stereocenters. The molecule has 3 amide bonds. The Bertz CT molecular complexity index is 1370. The number of fused-ring (bicyclic) bond motifs is 1. The summed E-state index contributed by atoms with van der Waals surface area (Å²) in [6.07, 6.45) is 6.79. The van der Waals surface area contributed by atoms with Gasteiger partial charge in [-0.25, -0.2) is 4.39 Å². The van der Waals surface area contributed by atoms with Gasteiger partial charge in [-0.05, 0) is 74.4 Å². The third kappa shape index (κ3) is 5.41. The molecule has 1 aromatic heterocycles. The lowest BCUT2D eigenvalue weighted by Gasteiger charge is -2.33. The average Bonchev–Trinajstić information content (AvgIpc) is 3.37. The highest BCUT2D eigenvalue weighted by Crippen LogP contribution is 2.34. The number of likely N-dealkylation sites (tertiary alicyclic amines) is 1. The van der Waals surface area contributed by atoms with Crippen LogP contribution in [0.15, 0.2) is 59.6 Å². The predicted octanol–water partition coefficient (Wildman–Crippen LogP) is 5.30. The number of benzene rings is 2. The van der Waals surface area contributed by atoms with E-state index in [-0.39, 0.29) is 48.6 Å². The van der Waals surface area contributed by atoms with E-state index in [0.717, 1.165) is 58.9 Å². The van der Waals surface area contributed by atoms with E-state index in [1.54, 1.807) is 6.08 Å². The fraction of sp³-hybridized carbons (Fsp3) is 0.321. The first-order chi connectivity index (χ1) is 17.9. The molecule has 9 heteroatoms. The van der Waals surface area contributed by atoms with Crippen molar-refractivity contribution >= 4 is 45.8 Å². The molecule has 0 bridgehead atoms. The van der Waals surface area contributed by atoms with Crippen LogP contribution >= 0.6 is 11.8 Å². The summed E-state index contributed by atoms with van der Waals surface area (Å²) in [5, 5.41) is 0.547. The Hall–Kier alpha value is -3.59. The molecule has 37 heavy (non-hydrogen) atoms. The molecule has 2 aromatic carbocycles. The van der Waals surface area contributed by atoms with Gasteiger partial charge in [0, 0.05) is 35.2 Å². The number of carbonyl (C=O) groups is 3. The van der Waals surface area contributed by atoms with E-state index in [2.05, 4.69) is 6.92 Å². The van der Waals surface area contributed by atoms with Crippen LogP contribution in [-0.2, 0) is 16.1 Å². The van der Waals surface area contributed by atoms with Crippen LogP contribution in [0.1, 0.15) is 31.7 Å². The van der Waals surface area contributed by atoms with Gasteiger partial charge >= 0.3 is 0 Å². The number of para-hydroxylation sites is 1. The van der Waals surface area contributed by atoms with Gasteiger partial charge in [-0.3, -0.25) is 19.3 Å². The van der Waals surface area contributed by atoms with Crippen LogP contribution in [0.3, 0.4) is 0 Å². The summed E-state index contributed by atoms with van der Waals surface area (Å²) in [4.78, 5) is 42.1. The smallest absolute Gasteiger partial charge is 0.293 e. The van der Waals surface area contributed by atoms with Gasteiger partial charge in [0.15, 0.2) is 0 Å². The van der Waals surface area contributed by atoms with Gasteiger partial charge in [-0.1, -0.05) is 18.2 Å². The molecule has 7 nitrogen and oxygen atoms in total. The van der Waals surface area contributed by atoms with E-state index in [9.17, 15) is 18.8 Å². The molecule has 5 rings (SSSR count). The minimum absolute atomic E-state index is 0.0842. The molecule has 2 aliphatic heterocycles. The first kappa shape index (κ1) is 25.1. The Morgan fingerprint density at radius 1 is 1.14 bits per heavy atom. The number of amides is 3. The SMILES string of the molecule is C[C@H]1CCCCN1C(=O)Cn1cc(/C=C2\SC(=O)N(CCOc3ccc(F)cc3)C2=O)c2ccccc21. The summed E-state index contributed by atoms with van der Waals surface area (Å²) in [6, 6.07) is 13.5. The Balaban J connectivity index is 1.31. The van der Waals surface area contributed by atoms with Crippen LogP contribution < -0.4 is 4.74 Å². The minimum atomic E-state index is -0.382. The van der Waals surface area contributed by atoms with Gasteiger partial charge in [0.25, 0.3) is 11.1 Å². The molecule has 0 radical (unpaired) electrons. The second-order valence-electron chi connectivity index (χ2n) is 9.30. The van der Waals surface area contributed by atoms with E-state index in [1.165, 1.54) is 24.3 Å². The molecule has 3 aromatic rings. The highest BCUT2D eigenvalue weighted by molar-refractivity contribution is 8.18. The van der Waals surface area contributed by atoms with Crippen molar-refractivity contribution in [2.24, 2.45) is 0 Å². The number of halogens is 1. The number of hydrogen-bond acceptors (Lipinski definition) is 5. The number of rotatable bonds is 7. The number of imide groups is 1. The normalized spacial score (nSPS) is 19.3. The van der Waals surface area contributed by atoms with Crippen LogP contribution in [0, 0.1) is 5.82 Å². The van der Waals surface area contributed by atoms with Gasteiger partial charge < -0.3 is 14.2 Å². The zero-order valence-electron chi connectivity index (χ0n) is 20.6. The maximum Gasteiger partial charge on any atom is 0.293 e. The lowest BCUT2D eigenvalue weighted by Crippen LogP contribution is -2.43. The fourth-order valence-corrected chi connectivity index (χ4v) is 5.70. The van der Waals surface area contributed by atoms with Crippen molar-refractivity contribution in [3.8, 4) is 5.75 Å². The van der Waals surface area contributed by atoms with Gasteiger partial charge in [0.1, 0.15) is 24.7 Å². The number of aromatic nitrogens is 1.